The van der Waals surface area contributed by atoms with E-state index in [0.29, 0.717) is 5.08 Å². The molecule has 0 saturated carbocycles. The Morgan fingerprint density at radius 2 is 1.03 bits per heavy atom. The quantitative estimate of drug-likeness (QED) is 0.207. The maximum Gasteiger partial charge on any atom is 0.408 e. The van der Waals surface area contributed by atoms with E-state index in [1.54, 1.807) is 41.5 Å². The highest BCUT2D eigenvalue weighted by atomic mass is 32.2. The molecular formula is C19H34N2O8S2. The molecule has 180 valence electrons. The lowest BCUT2D eigenvalue weighted by Crippen LogP contribution is -2.45. The molecule has 0 aliphatic carbocycles. The molecular weight excluding hydrogens is 448 g/mol. The van der Waals surface area contributed by atoms with Gasteiger partial charge in [0, 0.05) is 16.6 Å². The van der Waals surface area contributed by atoms with Crippen molar-refractivity contribution in [2.45, 2.75) is 64.8 Å². The van der Waals surface area contributed by atoms with Crippen LogP contribution in [0.25, 0.3) is 0 Å². The van der Waals surface area contributed by atoms with Crippen molar-refractivity contribution in [3.63, 3.8) is 0 Å². The summed E-state index contributed by atoms with van der Waals surface area (Å²) in [6, 6.07) is -1.77. The maximum absolute atomic E-state index is 11.9. The Kier molecular flexibility index (Phi) is 12.8. The average molecular weight is 483 g/mol. The zero-order valence-corrected chi connectivity index (χ0v) is 21.0. The maximum atomic E-state index is 11.9. The first kappa shape index (κ1) is 29.2. The van der Waals surface area contributed by atoms with E-state index in [1.165, 1.54) is 37.7 Å². The lowest BCUT2D eigenvalue weighted by Gasteiger charge is -2.23. The Morgan fingerprint density at radius 3 is 1.29 bits per heavy atom. The van der Waals surface area contributed by atoms with Crippen LogP contribution in [0.4, 0.5) is 9.59 Å². The molecule has 2 N–H and O–H groups in total. The van der Waals surface area contributed by atoms with Gasteiger partial charge >= 0.3 is 24.1 Å². The lowest BCUT2D eigenvalue weighted by molar-refractivity contribution is -0.143. The molecule has 31 heavy (non-hydrogen) atoms. The van der Waals surface area contributed by atoms with E-state index < -0.39 is 47.4 Å². The Balaban J connectivity index is 4.61. The van der Waals surface area contributed by atoms with Crippen LogP contribution in [0.1, 0.15) is 41.5 Å². The van der Waals surface area contributed by atoms with Gasteiger partial charge in [-0.05, 0) is 41.5 Å². The summed E-state index contributed by atoms with van der Waals surface area (Å²) in [7, 11) is 2.46. The number of thioether (sulfide) groups is 2. The van der Waals surface area contributed by atoms with Gasteiger partial charge in [0.1, 0.15) is 23.3 Å². The number of nitrogens with one attached hydrogen (secondary N) is 2. The molecule has 2 amide bonds. The summed E-state index contributed by atoms with van der Waals surface area (Å²) in [5.74, 6) is -0.715. The number of carbonyl (C=O) groups is 4. The minimum atomic E-state index is -0.887. The number of amides is 2. The van der Waals surface area contributed by atoms with Gasteiger partial charge in [-0.25, -0.2) is 19.2 Å². The molecule has 10 nitrogen and oxygen atoms in total. The third-order valence-corrected chi connectivity index (χ3v) is 5.56. The number of hydrogen-bond donors (Lipinski definition) is 2. The average Bonchev–Trinajstić information content (AvgIpc) is 2.61. The first-order valence-electron chi connectivity index (χ1n) is 9.48. The van der Waals surface area contributed by atoms with Crippen LogP contribution in [0.5, 0.6) is 0 Å². The lowest BCUT2D eigenvalue weighted by atomic mass is 10.2. The normalized spacial score (nSPS) is 13.4. The zero-order chi connectivity index (χ0) is 24.2. The van der Waals surface area contributed by atoms with E-state index in [1.807, 2.05) is 0 Å². The Hall–Kier alpha value is -1.82. The second-order valence-corrected chi connectivity index (χ2v) is 10.7. The fourth-order valence-electron chi connectivity index (χ4n) is 1.91. The molecule has 12 heteroatoms. The summed E-state index contributed by atoms with van der Waals surface area (Å²) >= 11 is 2.70. The van der Waals surface area contributed by atoms with Crippen molar-refractivity contribution in [3.05, 3.63) is 0 Å². The molecule has 0 rings (SSSR count). The molecule has 0 aromatic carbocycles. The van der Waals surface area contributed by atoms with Crippen LogP contribution in [-0.2, 0) is 28.5 Å². The number of alkyl carbamates (subject to hydrolysis) is 2. The standard InChI is InChI=1S/C19H34N2O8S2/c1-18(2,3)28-16(24)20-12(14(22)26-7)9-30-11-31-10-13(15(23)27-8)21-17(25)29-19(4,5)6/h12-13H,9-11H2,1-8H3,(H,20,24)(H,21,25)/t12-,13-/m0/s1. The fourth-order valence-corrected chi connectivity index (χ4v) is 4.06. The van der Waals surface area contributed by atoms with Gasteiger partial charge in [-0.1, -0.05) is 0 Å². The van der Waals surface area contributed by atoms with E-state index in [2.05, 4.69) is 10.6 Å². The zero-order valence-electron chi connectivity index (χ0n) is 19.4. The molecule has 0 unspecified atom stereocenters. The molecule has 0 radical (unpaired) electrons. The number of hydrogen-bond acceptors (Lipinski definition) is 10. The van der Waals surface area contributed by atoms with Gasteiger partial charge in [0.25, 0.3) is 0 Å². The van der Waals surface area contributed by atoms with E-state index in [9.17, 15) is 19.2 Å². The third-order valence-electron chi connectivity index (χ3n) is 3.09. The highest BCUT2D eigenvalue weighted by Crippen LogP contribution is 2.16. The summed E-state index contributed by atoms with van der Waals surface area (Å²) in [6.45, 7) is 10.3. The second-order valence-electron chi connectivity index (χ2n) is 8.30. The molecule has 0 aliphatic heterocycles. The summed E-state index contributed by atoms with van der Waals surface area (Å²) in [6.07, 6.45) is -1.44. The van der Waals surface area contributed by atoms with Crippen molar-refractivity contribution in [1.82, 2.24) is 10.6 Å². The second kappa shape index (κ2) is 13.6. The number of rotatable bonds is 10. The molecule has 0 spiro atoms. The summed E-state index contributed by atoms with van der Waals surface area (Å²) in [5.41, 5.74) is -1.39. The van der Waals surface area contributed by atoms with Gasteiger partial charge in [0.2, 0.25) is 0 Å². The van der Waals surface area contributed by atoms with Crippen LogP contribution in [0, 0.1) is 0 Å². The minimum Gasteiger partial charge on any atom is -0.467 e. The SMILES string of the molecule is COC(=O)[C@H](CSCSC[C@H](NC(=O)OC(C)(C)C)C(=O)OC)NC(=O)OC(C)(C)C. The fraction of sp³-hybridized carbons (Fsp3) is 0.789. The molecule has 0 aromatic rings. The predicted molar refractivity (Wildman–Crippen MR) is 120 cm³/mol. The highest BCUT2D eigenvalue weighted by Gasteiger charge is 2.26. The number of methoxy groups -OCH3 is 2. The van der Waals surface area contributed by atoms with Crippen LogP contribution in [0.3, 0.4) is 0 Å². The Labute approximate surface area is 192 Å². The molecule has 0 aromatic heterocycles. The van der Waals surface area contributed by atoms with Crippen molar-refractivity contribution < 1.29 is 38.1 Å². The van der Waals surface area contributed by atoms with Crippen molar-refractivity contribution in [1.29, 1.82) is 0 Å². The molecule has 0 fully saturated rings. The van der Waals surface area contributed by atoms with Gasteiger partial charge in [0.05, 0.1) is 14.2 Å². The Bertz CT molecular complexity index is 565. The smallest absolute Gasteiger partial charge is 0.408 e. The first-order valence-corrected chi connectivity index (χ1v) is 11.8. The molecule has 0 bridgehead atoms. The minimum absolute atomic E-state index is 0.237. The summed E-state index contributed by atoms with van der Waals surface area (Å²) < 4.78 is 19.7. The highest BCUT2D eigenvalue weighted by molar-refractivity contribution is 8.16. The van der Waals surface area contributed by atoms with Crippen LogP contribution in [0.15, 0.2) is 0 Å². The van der Waals surface area contributed by atoms with Crippen molar-refractivity contribution >= 4 is 47.6 Å². The topological polar surface area (TPSA) is 129 Å². The third kappa shape index (κ3) is 14.8. The van der Waals surface area contributed by atoms with Crippen LogP contribution in [0.2, 0.25) is 0 Å². The summed E-state index contributed by atoms with van der Waals surface area (Å²) in [4.78, 5) is 47.7. The van der Waals surface area contributed by atoms with Crippen molar-refractivity contribution in [3.8, 4) is 0 Å². The number of ether oxygens (including phenoxy) is 4. The van der Waals surface area contributed by atoms with E-state index >= 15 is 0 Å². The molecule has 2 atom stereocenters. The van der Waals surface area contributed by atoms with Gasteiger partial charge in [-0.2, -0.15) is 0 Å². The van der Waals surface area contributed by atoms with Crippen molar-refractivity contribution in [2.75, 3.05) is 30.8 Å². The monoisotopic (exact) mass is 482 g/mol. The largest absolute Gasteiger partial charge is 0.467 e. The number of carbonyl (C=O) groups excluding carboxylic acids is 4. The Morgan fingerprint density at radius 1 is 0.710 bits per heavy atom. The van der Waals surface area contributed by atoms with Gasteiger partial charge in [0.15, 0.2) is 0 Å². The molecule has 0 saturated heterocycles. The van der Waals surface area contributed by atoms with E-state index in [4.69, 9.17) is 18.9 Å². The predicted octanol–water partition coefficient (Wildman–Crippen LogP) is 2.54. The van der Waals surface area contributed by atoms with Gasteiger partial charge in [-0.15, -0.1) is 23.5 Å². The van der Waals surface area contributed by atoms with Crippen LogP contribution >= 0.6 is 23.5 Å². The van der Waals surface area contributed by atoms with Crippen molar-refractivity contribution in [2.24, 2.45) is 0 Å². The summed E-state index contributed by atoms with van der Waals surface area (Å²) in [5, 5.41) is 5.45. The van der Waals surface area contributed by atoms with Crippen LogP contribution < -0.4 is 10.6 Å². The molecule has 0 heterocycles. The first-order chi connectivity index (χ1) is 14.2. The molecule has 0 aliphatic rings. The number of esters is 2. The van der Waals surface area contributed by atoms with E-state index in [0.717, 1.165) is 0 Å². The van der Waals surface area contributed by atoms with E-state index in [-0.39, 0.29) is 11.5 Å². The van der Waals surface area contributed by atoms with Gasteiger partial charge < -0.3 is 29.6 Å². The van der Waals surface area contributed by atoms with Crippen LogP contribution in [-0.4, -0.2) is 78.2 Å². The van der Waals surface area contributed by atoms with Gasteiger partial charge in [-0.3, -0.25) is 0 Å².